The van der Waals surface area contributed by atoms with Crippen LogP contribution in [0.5, 0.6) is 86.2 Å². The number of hydrogen-bond acceptors (Lipinski definition) is 54. The van der Waals surface area contributed by atoms with Crippen LogP contribution in [0.2, 0.25) is 0 Å². The Kier molecular flexibility index (Phi) is 23.9. The van der Waals surface area contributed by atoms with E-state index in [0.29, 0.717) is 78.9 Å². The van der Waals surface area contributed by atoms with E-state index in [0.717, 1.165) is 0 Å². The summed E-state index contributed by atoms with van der Waals surface area (Å²) in [5, 5.41) is -3.60. The second-order valence-corrected chi connectivity index (χ2v) is 31.3. The highest BCUT2D eigenvalue weighted by molar-refractivity contribution is 7.83. The second-order valence-electron chi connectivity index (χ2n) is 20.4. The van der Waals surface area contributed by atoms with E-state index in [2.05, 4.69) is 46.0 Å². The van der Waals surface area contributed by atoms with Crippen LogP contribution in [-0.2, 0) is 114 Å². The van der Waals surface area contributed by atoms with Crippen LogP contribution >= 0.6 is 0 Å². The zero-order valence-corrected chi connectivity index (χ0v) is 62.0. The van der Waals surface area contributed by atoms with Crippen molar-refractivity contribution >= 4 is 147 Å². The molecule has 54 nitrogen and oxygen atoms in total. The van der Waals surface area contributed by atoms with Crippen LogP contribution in [0.1, 0.15) is 0 Å². The summed E-state index contributed by atoms with van der Waals surface area (Å²) < 4.78 is 475. The van der Waals surface area contributed by atoms with Gasteiger partial charge in [-0.05, 0) is 54.6 Å². The molecule has 3 aromatic heterocycles. The first kappa shape index (κ1) is 86.9. The monoisotopic (exact) mass is 1830 g/mol. The highest BCUT2D eigenvalue weighted by Gasteiger charge is 2.31. The molecule has 9 aromatic rings. The lowest BCUT2D eigenvalue weighted by Gasteiger charge is -2.19. The molecule has 3 heterocycles. The molecular formula is C49H23O54S11-11. The molecule has 9 rings (SSSR count). The number of benzene rings is 6. The fourth-order valence-corrected chi connectivity index (χ4v) is 13.1. The average Bonchev–Trinajstić information content (AvgIpc) is 0.760. The maximum absolute atomic E-state index is 14.6. The van der Waals surface area contributed by atoms with Gasteiger partial charge in [0.15, 0.2) is 51.8 Å². The van der Waals surface area contributed by atoms with Crippen molar-refractivity contribution in [3.63, 3.8) is 0 Å². The van der Waals surface area contributed by atoms with Crippen molar-refractivity contribution in [2.75, 3.05) is 26.4 Å². The number of ether oxygens (including phenoxy) is 4. The van der Waals surface area contributed by atoms with Gasteiger partial charge in [0, 0.05) is 53.1 Å². The fourth-order valence-electron chi connectivity index (χ4n) is 9.23. The Labute approximate surface area is 632 Å². The van der Waals surface area contributed by atoms with E-state index in [1.165, 1.54) is 0 Å². The number of rotatable bonds is 35. The highest BCUT2D eigenvalue weighted by atomic mass is 32.3. The van der Waals surface area contributed by atoms with Gasteiger partial charge in [0.1, 0.15) is 93.8 Å². The molecule has 0 bridgehead atoms. The van der Waals surface area contributed by atoms with E-state index in [1.54, 1.807) is 0 Å². The molecule has 0 fully saturated rings. The third-order valence-corrected chi connectivity index (χ3v) is 16.8. The van der Waals surface area contributed by atoms with Crippen LogP contribution in [-0.4, -0.2) is 169 Å². The molecule has 0 amide bonds. The molecule has 0 saturated heterocycles. The Balaban J connectivity index is 1.11. The molecule has 0 aliphatic rings. The normalized spacial score (nSPS) is 12.8. The van der Waals surface area contributed by atoms with Crippen LogP contribution in [0.3, 0.4) is 0 Å². The summed E-state index contributed by atoms with van der Waals surface area (Å²) >= 11 is 0. The third-order valence-electron chi connectivity index (χ3n) is 12.6. The van der Waals surface area contributed by atoms with Gasteiger partial charge in [-0.1, -0.05) is 0 Å². The van der Waals surface area contributed by atoms with E-state index in [1.807, 2.05) is 0 Å². The molecule has 0 radical (unpaired) electrons. The molecule has 620 valence electrons. The zero-order chi connectivity index (χ0) is 85.0. The van der Waals surface area contributed by atoms with Gasteiger partial charge in [0.2, 0.25) is 33.5 Å². The lowest BCUT2D eigenvalue weighted by molar-refractivity contribution is 0.214. The quantitative estimate of drug-likeness (QED) is 0.0219. The largest absolute Gasteiger partial charge is 0.716 e. The van der Waals surface area contributed by atoms with Crippen LogP contribution in [0.25, 0.3) is 66.9 Å². The van der Waals surface area contributed by atoms with Gasteiger partial charge in [0.05, 0.1) is 0 Å². The molecule has 0 N–H and O–H groups in total. The fraction of sp³-hybridized carbons (Fsp3) is 0.0816. The first-order chi connectivity index (χ1) is 52.0. The highest BCUT2D eigenvalue weighted by Crippen LogP contribution is 2.45. The minimum Gasteiger partial charge on any atom is -0.716 e. The third kappa shape index (κ3) is 24.0. The van der Waals surface area contributed by atoms with Gasteiger partial charge in [-0.3, -0.25) is 14.4 Å². The van der Waals surface area contributed by atoms with Crippen molar-refractivity contribution in [3.8, 4) is 120 Å². The second kappa shape index (κ2) is 31.4. The van der Waals surface area contributed by atoms with Gasteiger partial charge in [-0.2, -0.15) is 0 Å². The first-order valence-electron chi connectivity index (χ1n) is 27.6. The maximum Gasteiger partial charge on any atom is 0.262 e. The van der Waals surface area contributed by atoms with Crippen LogP contribution in [0.4, 0.5) is 0 Å². The molecule has 0 spiro atoms. The smallest absolute Gasteiger partial charge is 0.262 e. The summed E-state index contributed by atoms with van der Waals surface area (Å²) in [5.41, 5.74) is -12.1. The van der Waals surface area contributed by atoms with Crippen LogP contribution in [0.15, 0.2) is 119 Å². The first-order valence-corrected chi connectivity index (χ1v) is 42.2. The molecule has 0 unspecified atom stereocenters. The topological polar surface area (TPSA) is 858 Å². The van der Waals surface area contributed by atoms with Crippen molar-refractivity contribution in [2.24, 2.45) is 0 Å². The van der Waals surface area contributed by atoms with Crippen LogP contribution in [0, 0.1) is 0 Å². The Morgan fingerprint density at radius 1 is 0.228 bits per heavy atom. The zero-order valence-electron chi connectivity index (χ0n) is 53.0. The van der Waals surface area contributed by atoms with E-state index in [9.17, 15) is 157 Å². The summed E-state index contributed by atoms with van der Waals surface area (Å²) in [4.78, 5) is 43.1. The SMILES string of the molecule is O=c1c(OS(=O)(=O)[O-])c(-c2ccc(OS(=O)(=O)[O-])c(OS(=O)(=O)[O-])c2)oc2cc(OS(=O)(=O)[O-])cc(OCCOc3cc(-c4oc5cc(OS(=O)(=O)[O-])cc(OCCOc6cc(OS(=O)(=O)[O-])cc7oc(-c8ccc(OS(=O)(=O)[O-])c(OS(=O)(=O)[O-])c8)c(OS(=O)(=O)[O-])c(=O)c67)c5c(=O)c4OS(=O)(=O)[O-])ccc3OS(=O)(=O)[O-])c12. The molecule has 0 atom stereocenters. The lowest BCUT2D eigenvalue weighted by Crippen LogP contribution is -2.18. The summed E-state index contributed by atoms with van der Waals surface area (Å²) in [6, 6.07) is 5.26. The summed E-state index contributed by atoms with van der Waals surface area (Å²) in [7, 11) is -66.2. The number of fused-ring (bicyclic) bond motifs is 3. The lowest BCUT2D eigenvalue weighted by atomic mass is 10.1. The van der Waals surface area contributed by atoms with Gasteiger partial charge in [-0.15, -0.1) is 0 Å². The predicted molar refractivity (Wildman–Crippen MR) is 339 cm³/mol. The van der Waals surface area contributed by atoms with E-state index < -0.39 is 310 Å². The van der Waals surface area contributed by atoms with Crippen molar-refractivity contribution in [2.45, 2.75) is 0 Å². The minimum atomic E-state index is -6.30. The minimum absolute atomic E-state index is 0.175. The molecule has 65 heteroatoms. The van der Waals surface area contributed by atoms with Crippen molar-refractivity contribution in [1.82, 2.24) is 0 Å². The van der Waals surface area contributed by atoms with Crippen molar-refractivity contribution in [3.05, 3.63) is 122 Å². The van der Waals surface area contributed by atoms with E-state index >= 15 is 0 Å². The standard InChI is InChI=1S/C49H34O54S11/c50-41-39-33(88-9-10-89-34-16-25(95-106(59,60)61)19-37-40(34)43(52)49(103-114(83,84)85)46(92-37)22-3-6-28(98-109(68,69)70)31(13-22)100-111(74,75)76)15-24(94-105(56,57)58)17-35(39)90-44(47(41)101-112(77,78)79)20-1-4-26(96-107(62,63)64)29(11-20)86-7-8-87-32-14-23(93-104(53,54)55)18-36-38(32)42(51)48(102-113(80,81)82)45(91-36)21-2-5-27(97-108(65,66)67)30(12-21)99-110(71,72)73/h1-6,11-19H,7-10H2,(H,53,54,55)(H,56,57,58)(H,59,60,61)(H,62,63,64)(H,65,66,67)(H,68,69,70)(H,71,72,73)(H,74,75,76)(H,77,78,79)(H,80,81,82)(H,83,84,85)/p-11. The Bertz CT molecular complexity index is 7040. The van der Waals surface area contributed by atoms with Gasteiger partial charge < -0.3 is 128 Å². The van der Waals surface area contributed by atoms with Crippen molar-refractivity contribution < 1.29 is 221 Å². The average molecular weight is 1830 g/mol. The summed E-state index contributed by atoms with van der Waals surface area (Å²) in [6.45, 7) is -4.88. The van der Waals surface area contributed by atoms with Gasteiger partial charge in [-0.25, -0.2) is 92.6 Å². The Morgan fingerprint density at radius 2 is 0.430 bits per heavy atom. The summed E-state index contributed by atoms with van der Waals surface area (Å²) in [5.74, 6) is -25.0. The molecule has 0 aliphatic heterocycles. The predicted octanol–water partition coefficient (Wildman–Crippen LogP) is -2.85. The Hall–Kier alpha value is -11.0. The number of hydrogen-bond donors (Lipinski definition) is 0. The summed E-state index contributed by atoms with van der Waals surface area (Å²) in [6.07, 6.45) is 0. The van der Waals surface area contributed by atoms with E-state index in [4.69, 9.17) is 32.2 Å². The molecule has 0 aliphatic carbocycles. The molecular weight excluding hydrogens is 1810 g/mol. The maximum atomic E-state index is 14.6. The molecule has 6 aromatic carbocycles. The van der Waals surface area contributed by atoms with E-state index in [-0.39, 0.29) is 12.1 Å². The Morgan fingerprint density at radius 3 is 0.658 bits per heavy atom. The van der Waals surface area contributed by atoms with Crippen LogP contribution < -0.4 is 81.2 Å². The van der Waals surface area contributed by atoms with Crippen molar-refractivity contribution in [1.29, 1.82) is 0 Å². The molecule has 0 saturated carbocycles. The van der Waals surface area contributed by atoms with Gasteiger partial charge >= 0.3 is 0 Å². The van der Waals surface area contributed by atoms with Gasteiger partial charge in [0.25, 0.3) is 114 Å². The molecule has 114 heavy (non-hydrogen) atoms.